The van der Waals surface area contributed by atoms with Gasteiger partial charge in [-0.05, 0) is 19.1 Å². The Morgan fingerprint density at radius 1 is 1.29 bits per heavy atom. The van der Waals surface area contributed by atoms with Crippen LogP contribution in [0.4, 0.5) is 8.78 Å². The van der Waals surface area contributed by atoms with Crippen molar-refractivity contribution in [2.45, 2.75) is 13.3 Å². The highest BCUT2D eigenvalue weighted by molar-refractivity contribution is 5.77. The van der Waals surface area contributed by atoms with Crippen LogP contribution in [-0.4, -0.2) is 15.9 Å². The molecule has 2 aromatic rings. The van der Waals surface area contributed by atoms with Crippen molar-refractivity contribution in [1.82, 2.24) is 10.1 Å². The molecule has 0 N–H and O–H groups in total. The Bertz CT molecular complexity index is 546. The van der Waals surface area contributed by atoms with E-state index in [-0.39, 0.29) is 29.5 Å². The SMILES string of the molecule is CC(=O)Cc1nc(-c2cc(F)cc(F)c2)no1. The molecule has 17 heavy (non-hydrogen) atoms. The Kier molecular flexibility index (Phi) is 2.95. The highest BCUT2D eigenvalue weighted by atomic mass is 19.1. The first-order valence-corrected chi connectivity index (χ1v) is 4.83. The molecule has 0 bridgehead atoms. The zero-order valence-electron chi connectivity index (χ0n) is 8.91. The summed E-state index contributed by atoms with van der Waals surface area (Å²) >= 11 is 0. The number of Topliss-reactive ketones (excluding diaryl/α,β-unsaturated/α-hetero) is 1. The van der Waals surface area contributed by atoms with E-state index in [0.29, 0.717) is 0 Å². The zero-order valence-corrected chi connectivity index (χ0v) is 8.91. The molecule has 6 heteroatoms. The number of hydrogen-bond acceptors (Lipinski definition) is 4. The first-order valence-electron chi connectivity index (χ1n) is 4.83. The lowest BCUT2D eigenvalue weighted by Crippen LogP contribution is -1.96. The smallest absolute Gasteiger partial charge is 0.234 e. The van der Waals surface area contributed by atoms with Crippen LogP contribution in [-0.2, 0) is 11.2 Å². The van der Waals surface area contributed by atoms with Crippen molar-refractivity contribution in [3.8, 4) is 11.4 Å². The summed E-state index contributed by atoms with van der Waals surface area (Å²) in [5, 5.41) is 3.55. The summed E-state index contributed by atoms with van der Waals surface area (Å²) in [4.78, 5) is 14.7. The van der Waals surface area contributed by atoms with Gasteiger partial charge >= 0.3 is 0 Å². The molecule has 0 saturated heterocycles. The van der Waals surface area contributed by atoms with E-state index in [0.717, 1.165) is 18.2 Å². The van der Waals surface area contributed by atoms with Crippen molar-refractivity contribution < 1.29 is 18.1 Å². The standard InChI is InChI=1S/C11H8F2N2O2/c1-6(16)2-10-14-11(15-17-10)7-3-8(12)5-9(13)4-7/h3-5H,2H2,1H3. The minimum atomic E-state index is -0.724. The number of carbonyl (C=O) groups excluding carboxylic acids is 1. The van der Waals surface area contributed by atoms with E-state index in [1.54, 1.807) is 0 Å². The van der Waals surface area contributed by atoms with Crippen LogP contribution in [0.2, 0.25) is 0 Å². The summed E-state index contributed by atoms with van der Waals surface area (Å²) < 4.78 is 30.7. The van der Waals surface area contributed by atoms with Crippen molar-refractivity contribution in [3.05, 3.63) is 35.7 Å². The Labute approximate surface area is 95.3 Å². The molecule has 0 aliphatic rings. The molecule has 4 nitrogen and oxygen atoms in total. The van der Waals surface area contributed by atoms with Gasteiger partial charge < -0.3 is 4.52 Å². The van der Waals surface area contributed by atoms with E-state index in [2.05, 4.69) is 10.1 Å². The highest BCUT2D eigenvalue weighted by Gasteiger charge is 2.12. The molecule has 0 unspecified atom stereocenters. The van der Waals surface area contributed by atoms with Gasteiger partial charge in [0.25, 0.3) is 0 Å². The maximum atomic E-state index is 13.0. The number of halogens is 2. The lowest BCUT2D eigenvalue weighted by molar-refractivity contribution is -0.116. The number of rotatable bonds is 3. The van der Waals surface area contributed by atoms with Gasteiger partial charge in [0.2, 0.25) is 11.7 Å². The van der Waals surface area contributed by atoms with Gasteiger partial charge in [-0.3, -0.25) is 4.79 Å². The molecular formula is C11H8F2N2O2. The van der Waals surface area contributed by atoms with E-state index >= 15 is 0 Å². The van der Waals surface area contributed by atoms with E-state index in [4.69, 9.17) is 4.52 Å². The molecule has 0 radical (unpaired) electrons. The summed E-state index contributed by atoms with van der Waals surface area (Å²) in [6, 6.07) is 2.93. The van der Waals surface area contributed by atoms with Gasteiger partial charge in [0.15, 0.2) is 0 Å². The van der Waals surface area contributed by atoms with Crippen LogP contribution in [0, 0.1) is 11.6 Å². The molecule has 0 saturated carbocycles. The molecule has 0 aliphatic heterocycles. The quantitative estimate of drug-likeness (QED) is 0.822. The molecule has 1 heterocycles. The molecule has 1 aromatic carbocycles. The van der Waals surface area contributed by atoms with Crippen LogP contribution in [0.25, 0.3) is 11.4 Å². The number of benzene rings is 1. The van der Waals surface area contributed by atoms with E-state index in [1.165, 1.54) is 6.92 Å². The average Bonchev–Trinajstić information content (AvgIpc) is 2.63. The normalized spacial score (nSPS) is 10.5. The van der Waals surface area contributed by atoms with Crippen molar-refractivity contribution in [1.29, 1.82) is 0 Å². The second-order valence-electron chi connectivity index (χ2n) is 3.55. The number of carbonyl (C=O) groups is 1. The van der Waals surface area contributed by atoms with Gasteiger partial charge in [-0.1, -0.05) is 5.16 Å². The van der Waals surface area contributed by atoms with Crippen LogP contribution in [0.15, 0.2) is 22.7 Å². The molecule has 0 aliphatic carbocycles. The number of aromatic nitrogens is 2. The van der Waals surface area contributed by atoms with Gasteiger partial charge in [0.1, 0.15) is 17.4 Å². The van der Waals surface area contributed by atoms with Gasteiger partial charge in [0, 0.05) is 11.6 Å². The second-order valence-corrected chi connectivity index (χ2v) is 3.55. The summed E-state index contributed by atoms with van der Waals surface area (Å²) in [6.07, 6.45) is 0.00476. The third-order valence-corrected chi connectivity index (χ3v) is 1.99. The van der Waals surface area contributed by atoms with E-state index in [9.17, 15) is 13.6 Å². The molecule has 1 aromatic heterocycles. The molecule has 0 amide bonds. The third kappa shape index (κ3) is 2.72. The Morgan fingerprint density at radius 2 is 1.94 bits per heavy atom. The first-order chi connectivity index (χ1) is 8.04. The Balaban J connectivity index is 2.33. The summed E-state index contributed by atoms with van der Waals surface area (Å²) in [5.74, 6) is -1.40. The number of nitrogens with zero attached hydrogens (tertiary/aromatic N) is 2. The molecule has 0 spiro atoms. The molecular weight excluding hydrogens is 230 g/mol. The molecule has 0 atom stereocenters. The second kappa shape index (κ2) is 4.40. The van der Waals surface area contributed by atoms with Gasteiger partial charge in [-0.2, -0.15) is 4.98 Å². The van der Waals surface area contributed by atoms with Crippen molar-refractivity contribution in [3.63, 3.8) is 0 Å². The van der Waals surface area contributed by atoms with Crippen LogP contribution >= 0.6 is 0 Å². The topological polar surface area (TPSA) is 56.0 Å². The molecule has 0 fully saturated rings. The van der Waals surface area contributed by atoms with Gasteiger partial charge in [-0.15, -0.1) is 0 Å². The minimum Gasteiger partial charge on any atom is -0.339 e. The highest BCUT2D eigenvalue weighted by Crippen LogP contribution is 2.18. The van der Waals surface area contributed by atoms with Crippen molar-refractivity contribution >= 4 is 5.78 Å². The van der Waals surface area contributed by atoms with Crippen LogP contribution in [0.5, 0.6) is 0 Å². The predicted molar refractivity (Wildman–Crippen MR) is 54.0 cm³/mol. The first kappa shape index (κ1) is 11.4. The number of hydrogen-bond donors (Lipinski definition) is 0. The maximum Gasteiger partial charge on any atom is 0.234 e. The fourth-order valence-corrected chi connectivity index (χ4v) is 1.34. The Hall–Kier alpha value is -2.11. The number of ketones is 1. The van der Waals surface area contributed by atoms with Crippen LogP contribution in [0.3, 0.4) is 0 Å². The van der Waals surface area contributed by atoms with Crippen molar-refractivity contribution in [2.75, 3.05) is 0 Å². The zero-order chi connectivity index (χ0) is 12.4. The van der Waals surface area contributed by atoms with Crippen LogP contribution in [0.1, 0.15) is 12.8 Å². The summed E-state index contributed by atoms with van der Waals surface area (Å²) in [5.41, 5.74) is 0.168. The maximum absolute atomic E-state index is 13.0. The Morgan fingerprint density at radius 3 is 2.53 bits per heavy atom. The summed E-state index contributed by atoms with van der Waals surface area (Å²) in [6.45, 7) is 1.38. The minimum absolute atomic E-state index is 0.00476. The fourth-order valence-electron chi connectivity index (χ4n) is 1.34. The van der Waals surface area contributed by atoms with E-state index in [1.807, 2.05) is 0 Å². The summed E-state index contributed by atoms with van der Waals surface area (Å²) in [7, 11) is 0. The monoisotopic (exact) mass is 238 g/mol. The van der Waals surface area contributed by atoms with Gasteiger partial charge in [0.05, 0.1) is 6.42 Å². The largest absolute Gasteiger partial charge is 0.339 e. The van der Waals surface area contributed by atoms with Crippen molar-refractivity contribution in [2.24, 2.45) is 0 Å². The lowest BCUT2D eigenvalue weighted by Gasteiger charge is -1.95. The van der Waals surface area contributed by atoms with Crippen LogP contribution < -0.4 is 0 Å². The average molecular weight is 238 g/mol. The fraction of sp³-hybridized carbons (Fsp3) is 0.182. The predicted octanol–water partition coefficient (Wildman–Crippen LogP) is 2.15. The third-order valence-electron chi connectivity index (χ3n) is 1.99. The molecule has 2 rings (SSSR count). The lowest BCUT2D eigenvalue weighted by atomic mass is 10.2. The molecule has 88 valence electrons. The van der Waals surface area contributed by atoms with E-state index < -0.39 is 11.6 Å². The van der Waals surface area contributed by atoms with Gasteiger partial charge in [-0.25, -0.2) is 8.78 Å².